The predicted octanol–water partition coefficient (Wildman–Crippen LogP) is 3.33. The lowest BCUT2D eigenvalue weighted by Gasteiger charge is -2.20. The highest BCUT2D eigenvalue weighted by molar-refractivity contribution is 9.10. The lowest BCUT2D eigenvalue weighted by molar-refractivity contribution is 0.289. The van der Waals surface area contributed by atoms with Gasteiger partial charge in [-0.25, -0.2) is 8.78 Å². The van der Waals surface area contributed by atoms with Crippen molar-refractivity contribution in [3.63, 3.8) is 0 Å². The van der Waals surface area contributed by atoms with Crippen LogP contribution in [0.3, 0.4) is 0 Å². The maximum Gasteiger partial charge on any atom is 0.143 e. The van der Waals surface area contributed by atoms with E-state index in [0.29, 0.717) is 0 Å². The molecule has 0 saturated carbocycles. The molecule has 0 aliphatic rings. The van der Waals surface area contributed by atoms with Gasteiger partial charge in [-0.05, 0) is 60.5 Å². The van der Waals surface area contributed by atoms with Gasteiger partial charge in [0, 0.05) is 11.6 Å². The SMILES string of the molecule is CCN(CC)CCC(N)Cc1c(F)ccc(Br)c1F. The third-order valence-electron chi connectivity index (χ3n) is 3.32. The van der Waals surface area contributed by atoms with Gasteiger partial charge >= 0.3 is 0 Å². The summed E-state index contributed by atoms with van der Waals surface area (Å²) in [5.41, 5.74) is 6.05. The van der Waals surface area contributed by atoms with E-state index in [4.69, 9.17) is 5.73 Å². The highest BCUT2D eigenvalue weighted by Crippen LogP contribution is 2.22. The maximum absolute atomic E-state index is 13.8. The monoisotopic (exact) mass is 334 g/mol. The van der Waals surface area contributed by atoms with Crippen molar-refractivity contribution >= 4 is 15.9 Å². The maximum atomic E-state index is 13.8. The second kappa shape index (κ2) is 7.92. The van der Waals surface area contributed by atoms with Crippen molar-refractivity contribution in [1.29, 1.82) is 0 Å². The van der Waals surface area contributed by atoms with Gasteiger partial charge in [-0.1, -0.05) is 13.8 Å². The van der Waals surface area contributed by atoms with Crippen LogP contribution in [0.5, 0.6) is 0 Å². The summed E-state index contributed by atoms with van der Waals surface area (Å²) in [4.78, 5) is 2.24. The minimum absolute atomic E-state index is 0.0708. The van der Waals surface area contributed by atoms with Gasteiger partial charge in [-0.2, -0.15) is 0 Å². The van der Waals surface area contributed by atoms with E-state index >= 15 is 0 Å². The predicted molar refractivity (Wildman–Crippen MR) is 78.1 cm³/mol. The summed E-state index contributed by atoms with van der Waals surface area (Å²) in [6.45, 7) is 6.95. The summed E-state index contributed by atoms with van der Waals surface area (Å²) < 4.78 is 27.7. The zero-order chi connectivity index (χ0) is 14.4. The highest BCUT2D eigenvalue weighted by atomic mass is 79.9. The van der Waals surface area contributed by atoms with E-state index in [1.165, 1.54) is 12.1 Å². The largest absolute Gasteiger partial charge is 0.327 e. The van der Waals surface area contributed by atoms with E-state index in [9.17, 15) is 8.78 Å². The fourth-order valence-electron chi connectivity index (χ4n) is 2.01. The van der Waals surface area contributed by atoms with Crippen LogP contribution in [0.15, 0.2) is 16.6 Å². The molecule has 0 heterocycles. The molecule has 0 spiro atoms. The summed E-state index contributed by atoms with van der Waals surface area (Å²) in [7, 11) is 0. The quantitative estimate of drug-likeness (QED) is 0.775. The second-order valence-electron chi connectivity index (χ2n) is 4.60. The smallest absolute Gasteiger partial charge is 0.143 e. The van der Waals surface area contributed by atoms with Crippen LogP contribution in [0.4, 0.5) is 8.78 Å². The third-order valence-corrected chi connectivity index (χ3v) is 3.93. The minimum atomic E-state index is -0.543. The number of benzene rings is 1. The molecule has 0 saturated heterocycles. The number of hydrogen-bond acceptors (Lipinski definition) is 2. The highest BCUT2D eigenvalue weighted by Gasteiger charge is 2.16. The number of rotatable bonds is 7. The minimum Gasteiger partial charge on any atom is -0.327 e. The third kappa shape index (κ3) is 4.82. The first-order valence-corrected chi connectivity index (χ1v) is 7.39. The molecule has 0 aliphatic carbocycles. The number of nitrogens with zero attached hydrogens (tertiary/aromatic N) is 1. The number of halogens is 3. The number of nitrogens with two attached hydrogens (primary N) is 1. The van der Waals surface area contributed by atoms with Crippen LogP contribution >= 0.6 is 15.9 Å². The molecular weight excluding hydrogens is 314 g/mol. The van der Waals surface area contributed by atoms with Gasteiger partial charge in [0.2, 0.25) is 0 Å². The van der Waals surface area contributed by atoms with Crippen molar-refractivity contribution < 1.29 is 8.78 Å². The topological polar surface area (TPSA) is 29.3 Å². The van der Waals surface area contributed by atoms with E-state index in [1.54, 1.807) is 0 Å². The first-order valence-electron chi connectivity index (χ1n) is 6.59. The van der Waals surface area contributed by atoms with Crippen molar-refractivity contribution in [2.75, 3.05) is 19.6 Å². The summed E-state index contributed by atoms with van der Waals surface area (Å²) in [5, 5.41) is 0. The Morgan fingerprint density at radius 3 is 2.47 bits per heavy atom. The molecule has 0 amide bonds. The molecule has 2 nitrogen and oxygen atoms in total. The van der Waals surface area contributed by atoms with E-state index in [0.717, 1.165) is 26.1 Å². The molecule has 1 aromatic rings. The molecule has 0 radical (unpaired) electrons. The van der Waals surface area contributed by atoms with Crippen LogP contribution in [-0.2, 0) is 6.42 Å². The van der Waals surface area contributed by atoms with Crippen LogP contribution < -0.4 is 5.73 Å². The summed E-state index contributed by atoms with van der Waals surface area (Å²) in [5.74, 6) is -1.07. The Balaban J connectivity index is 2.62. The van der Waals surface area contributed by atoms with E-state index < -0.39 is 11.6 Å². The Morgan fingerprint density at radius 1 is 1.26 bits per heavy atom. The molecule has 0 aromatic heterocycles. The van der Waals surface area contributed by atoms with Crippen LogP contribution in [-0.4, -0.2) is 30.6 Å². The first kappa shape index (κ1) is 16.5. The van der Waals surface area contributed by atoms with E-state index in [2.05, 4.69) is 34.7 Å². The molecule has 1 aromatic carbocycles. The molecule has 5 heteroatoms. The molecule has 1 rings (SSSR count). The molecule has 0 fully saturated rings. The van der Waals surface area contributed by atoms with Gasteiger partial charge < -0.3 is 10.6 Å². The summed E-state index contributed by atoms with van der Waals surface area (Å²) in [6.07, 6.45) is 0.950. The summed E-state index contributed by atoms with van der Waals surface area (Å²) in [6, 6.07) is 2.40. The Morgan fingerprint density at radius 2 is 1.89 bits per heavy atom. The molecule has 0 bridgehead atoms. The molecule has 19 heavy (non-hydrogen) atoms. The van der Waals surface area contributed by atoms with Gasteiger partial charge in [0.05, 0.1) is 4.47 Å². The average Bonchev–Trinajstić information content (AvgIpc) is 2.40. The molecule has 1 atom stereocenters. The van der Waals surface area contributed by atoms with Crippen LogP contribution in [0.1, 0.15) is 25.8 Å². The van der Waals surface area contributed by atoms with Crippen molar-refractivity contribution in [2.24, 2.45) is 5.73 Å². The lowest BCUT2D eigenvalue weighted by Crippen LogP contribution is -2.32. The Bertz CT molecular complexity index is 409. The lowest BCUT2D eigenvalue weighted by atomic mass is 10.0. The van der Waals surface area contributed by atoms with Gasteiger partial charge in [-0.3, -0.25) is 0 Å². The first-order chi connectivity index (χ1) is 8.99. The van der Waals surface area contributed by atoms with Gasteiger partial charge in [0.15, 0.2) is 0 Å². The van der Waals surface area contributed by atoms with Crippen molar-refractivity contribution in [1.82, 2.24) is 4.90 Å². The van der Waals surface area contributed by atoms with E-state index in [-0.39, 0.29) is 22.5 Å². The van der Waals surface area contributed by atoms with Crippen molar-refractivity contribution in [3.8, 4) is 0 Å². The van der Waals surface area contributed by atoms with E-state index in [1.807, 2.05) is 0 Å². The second-order valence-corrected chi connectivity index (χ2v) is 5.46. The molecule has 2 N–H and O–H groups in total. The van der Waals surface area contributed by atoms with Gasteiger partial charge in [-0.15, -0.1) is 0 Å². The Labute approximate surface area is 122 Å². The van der Waals surface area contributed by atoms with Crippen LogP contribution in [0.25, 0.3) is 0 Å². The Kier molecular flexibility index (Phi) is 6.89. The van der Waals surface area contributed by atoms with Crippen molar-refractivity contribution in [2.45, 2.75) is 32.7 Å². The standard InChI is InChI=1S/C14H21BrF2N2/c1-3-19(4-2)8-7-10(18)9-11-13(16)6-5-12(15)14(11)17/h5-6,10H,3-4,7-9,18H2,1-2H3. The number of hydrogen-bond donors (Lipinski definition) is 1. The molecule has 0 aliphatic heterocycles. The summed E-state index contributed by atoms with van der Waals surface area (Å²) >= 11 is 3.06. The van der Waals surface area contributed by atoms with Crippen LogP contribution in [0.2, 0.25) is 0 Å². The van der Waals surface area contributed by atoms with Crippen LogP contribution in [0, 0.1) is 11.6 Å². The fraction of sp³-hybridized carbons (Fsp3) is 0.571. The Hall–Kier alpha value is -0.520. The average molecular weight is 335 g/mol. The van der Waals surface area contributed by atoms with Crippen molar-refractivity contribution in [3.05, 3.63) is 33.8 Å². The molecule has 108 valence electrons. The zero-order valence-corrected chi connectivity index (χ0v) is 13.0. The zero-order valence-electron chi connectivity index (χ0n) is 11.4. The molecular formula is C14H21BrF2N2. The van der Waals surface area contributed by atoms with Gasteiger partial charge in [0.25, 0.3) is 0 Å². The normalized spacial score (nSPS) is 13.0. The fourth-order valence-corrected chi connectivity index (χ4v) is 2.38. The van der Waals surface area contributed by atoms with Gasteiger partial charge in [0.1, 0.15) is 11.6 Å². The molecule has 1 unspecified atom stereocenters.